The van der Waals surface area contributed by atoms with E-state index in [0.717, 1.165) is 13.0 Å². The van der Waals surface area contributed by atoms with Crippen LogP contribution in [0.15, 0.2) is 0 Å². The molecule has 1 saturated heterocycles. The maximum Gasteiger partial charge on any atom is 0.317 e. The number of aliphatic carboxylic acids is 1. The number of nitrogens with zero attached hydrogens (tertiary/aromatic N) is 1. The first-order valence-electron chi connectivity index (χ1n) is 7.01. The number of carboxylic acids is 1. The van der Waals surface area contributed by atoms with Crippen LogP contribution in [0.1, 0.15) is 32.6 Å². The number of hydrogen-bond donors (Lipinski definition) is 3. The summed E-state index contributed by atoms with van der Waals surface area (Å²) in [5, 5.41) is 15.3. The molecule has 6 heteroatoms. The third kappa shape index (κ3) is 3.83. The van der Waals surface area contributed by atoms with Crippen LogP contribution in [0.4, 0.5) is 4.79 Å². The van der Waals surface area contributed by atoms with E-state index in [2.05, 4.69) is 10.6 Å². The first kappa shape index (κ1) is 14.1. The molecule has 3 N–H and O–H groups in total. The number of carboxylic acid groups (broad SMARTS) is 1. The second-order valence-electron chi connectivity index (χ2n) is 5.85. The summed E-state index contributed by atoms with van der Waals surface area (Å²) < 4.78 is 0. The van der Waals surface area contributed by atoms with Gasteiger partial charge in [-0.05, 0) is 39.2 Å². The lowest BCUT2D eigenvalue weighted by Gasteiger charge is -2.20. The highest BCUT2D eigenvalue weighted by Crippen LogP contribution is 2.29. The molecule has 2 amide bonds. The molecule has 0 aromatic heterocycles. The summed E-state index contributed by atoms with van der Waals surface area (Å²) in [5.41, 5.74) is -0.787. The molecule has 1 saturated carbocycles. The minimum Gasteiger partial charge on any atom is -0.481 e. The first-order chi connectivity index (χ1) is 9.01. The van der Waals surface area contributed by atoms with Crippen molar-refractivity contribution in [3.8, 4) is 0 Å². The van der Waals surface area contributed by atoms with E-state index in [4.69, 9.17) is 5.11 Å². The van der Waals surface area contributed by atoms with Gasteiger partial charge in [0, 0.05) is 25.7 Å². The molecular formula is C13H23N3O3. The summed E-state index contributed by atoms with van der Waals surface area (Å²) in [6, 6.07) is 0.557. The zero-order chi connectivity index (χ0) is 13.9. The normalized spacial score (nSPS) is 26.5. The predicted octanol–water partition coefficient (Wildman–Crippen LogP) is 0.635. The molecule has 1 aliphatic carbocycles. The number of rotatable bonds is 6. The Morgan fingerprint density at radius 2 is 2.11 bits per heavy atom. The Bertz CT molecular complexity index is 357. The van der Waals surface area contributed by atoms with Crippen molar-refractivity contribution in [2.24, 2.45) is 5.41 Å². The Balaban J connectivity index is 1.62. The second kappa shape index (κ2) is 5.77. The Morgan fingerprint density at radius 3 is 2.68 bits per heavy atom. The van der Waals surface area contributed by atoms with Gasteiger partial charge in [0.05, 0.1) is 5.41 Å². The van der Waals surface area contributed by atoms with Gasteiger partial charge in [0.2, 0.25) is 0 Å². The topological polar surface area (TPSA) is 81.7 Å². The number of hydrogen-bond acceptors (Lipinski definition) is 3. The van der Waals surface area contributed by atoms with E-state index in [1.165, 1.54) is 12.8 Å². The summed E-state index contributed by atoms with van der Waals surface area (Å²) in [6.07, 6.45) is 3.98. The number of likely N-dealkylation sites (tertiary alicyclic amines) is 1. The van der Waals surface area contributed by atoms with Crippen LogP contribution < -0.4 is 10.6 Å². The molecule has 1 unspecified atom stereocenters. The standard InChI is InChI=1S/C13H23N3O3/c1-13(11(17)18)5-8-16(9-13)12(19)15-7-2-6-14-10-3-4-10/h10,14H,2-9H2,1H3,(H,15,19)(H,17,18). The van der Waals surface area contributed by atoms with Gasteiger partial charge in [-0.2, -0.15) is 0 Å². The highest BCUT2D eigenvalue weighted by Gasteiger charge is 2.42. The van der Waals surface area contributed by atoms with Gasteiger partial charge in [0.25, 0.3) is 0 Å². The van der Waals surface area contributed by atoms with Crippen molar-refractivity contribution < 1.29 is 14.7 Å². The molecule has 2 rings (SSSR count). The van der Waals surface area contributed by atoms with Crippen molar-refractivity contribution in [2.45, 2.75) is 38.6 Å². The Hall–Kier alpha value is -1.30. The van der Waals surface area contributed by atoms with Gasteiger partial charge >= 0.3 is 12.0 Å². The fourth-order valence-corrected chi connectivity index (χ4v) is 2.30. The number of urea groups is 1. The average Bonchev–Trinajstić information content (AvgIpc) is 3.09. The molecule has 108 valence electrons. The van der Waals surface area contributed by atoms with Gasteiger partial charge in [-0.15, -0.1) is 0 Å². The molecule has 19 heavy (non-hydrogen) atoms. The van der Waals surface area contributed by atoms with E-state index in [1.54, 1.807) is 11.8 Å². The lowest BCUT2D eigenvalue weighted by Crippen LogP contribution is -2.41. The van der Waals surface area contributed by atoms with E-state index in [-0.39, 0.29) is 6.03 Å². The molecule has 6 nitrogen and oxygen atoms in total. The Morgan fingerprint density at radius 1 is 1.37 bits per heavy atom. The number of carbonyl (C=O) groups is 2. The van der Waals surface area contributed by atoms with Gasteiger partial charge in [-0.3, -0.25) is 4.79 Å². The van der Waals surface area contributed by atoms with Gasteiger partial charge in [0.15, 0.2) is 0 Å². The highest BCUT2D eigenvalue weighted by molar-refractivity contribution is 5.79. The van der Waals surface area contributed by atoms with Gasteiger partial charge in [-0.25, -0.2) is 4.79 Å². The molecule has 1 heterocycles. The van der Waals surface area contributed by atoms with Crippen LogP contribution >= 0.6 is 0 Å². The third-order valence-corrected chi connectivity index (χ3v) is 3.92. The van der Waals surface area contributed by atoms with Crippen molar-refractivity contribution in [1.29, 1.82) is 0 Å². The minimum absolute atomic E-state index is 0.142. The molecule has 0 spiro atoms. The van der Waals surface area contributed by atoms with Crippen molar-refractivity contribution in [1.82, 2.24) is 15.5 Å². The fraction of sp³-hybridized carbons (Fsp3) is 0.846. The molecule has 1 aliphatic heterocycles. The van der Waals surface area contributed by atoms with Crippen LogP contribution in [0.2, 0.25) is 0 Å². The molecule has 0 bridgehead atoms. The number of carbonyl (C=O) groups excluding carboxylic acids is 1. The van der Waals surface area contributed by atoms with E-state index < -0.39 is 11.4 Å². The van der Waals surface area contributed by atoms with Crippen LogP contribution in [-0.2, 0) is 4.79 Å². The van der Waals surface area contributed by atoms with Crippen molar-refractivity contribution in [2.75, 3.05) is 26.2 Å². The van der Waals surface area contributed by atoms with Gasteiger partial charge in [0.1, 0.15) is 0 Å². The zero-order valence-electron chi connectivity index (χ0n) is 11.4. The maximum absolute atomic E-state index is 11.9. The smallest absolute Gasteiger partial charge is 0.317 e. The Kier molecular flexibility index (Phi) is 4.29. The molecule has 0 radical (unpaired) electrons. The van der Waals surface area contributed by atoms with E-state index in [9.17, 15) is 9.59 Å². The van der Waals surface area contributed by atoms with E-state index in [0.29, 0.717) is 32.1 Å². The molecule has 2 aliphatic rings. The van der Waals surface area contributed by atoms with E-state index in [1.807, 2.05) is 0 Å². The van der Waals surface area contributed by atoms with Crippen LogP contribution in [0.5, 0.6) is 0 Å². The van der Waals surface area contributed by atoms with Crippen molar-refractivity contribution in [3.63, 3.8) is 0 Å². The van der Waals surface area contributed by atoms with E-state index >= 15 is 0 Å². The molecule has 0 aromatic carbocycles. The fourth-order valence-electron chi connectivity index (χ4n) is 2.30. The third-order valence-electron chi connectivity index (χ3n) is 3.92. The number of nitrogens with one attached hydrogen (secondary N) is 2. The zero-order valence-corrected chi connectivity index (χ0v) is 11.4. The summed E-state index contributed by atoms with van der Waals surface area (Å²) in [5.74, 6) is -0.823. The molecule has 2 fully saturated rings. The number of amides is 2. The van der Waals surface area contributed by atoms with Crippen LogP contribution in [0.25, 0.3) is 0 Å². The predicted molar refractivity (Wildman–Crippen MR) is 71.0 cm³/mol. The molecule has 0 aromatic rings. The maximum atomic E-state index is 11.9. The summed E-state index contributed by atoms with van der Waals surface area (Å²) in [4.78, 5) is 24.6. The van der Waals surface area contributed by atoms with Gasteiger partial charge in [-0.1, -0.05) is 0 Å². The van der Waals surface area contributed by atoms with Crippen molar-refractivity contribution >= 4 is 12.0 Å². The summed E-state index contributed by atoms with van der Waals surface area (Å²) in [7, 11) is 0. The second-order valence-corrected chi connectivity index (χ2v) is 5.85. The Labute approximate surface area is 113 Å². The summed E-state index contributed by atoms with van der Waals surface area (Å²) >= 11 is 0. The van der Waals surface area contributed by atoms with Crippen LogP contribution in [0.3, 0.4) is 0 Å². The monoisotopic (exact) mass is 269 g/mol. The molecule has 1 atom stereocenters. The van der Waals surface area contributed by atoms with Crippen LogP contribution in [-0.4, -0.2) is 54.2 Å². The lowest BCUT2D eigenvalue weighted by atomic mass is 9.90. The SMILES string of the molecule is CC1(C(=O)O)CCN(C(=O)NCCCNC2CC2)C1. The lowest BCUT2D eigenvalue weighted by molar-refractivity contribution is -0.146. The van der Waals surface area contributed by atoms with Gasteiger partial charge < -0.3 is 20.6 Å². The summed E-state index contributed by atoms with van der Waals surface area (Å²) in [6.45, 7) is 4.09. The average molecular weight is 269 g/mol. The van der Waals surface area contributed by atoms with Crippen molar-refractivity contribution in [3.05, 3.63) is 0 Å². The van der Waals surface area contributed by atoms with Crippen LogP contribution in [0, 0.1) is 5.41 Å². The molecular weight excluding hydrogens is 246 g/mol. The highest BCUT2D eigenvalue weighted by atomic mass is 16.4. The minimum atomic E-state index is -0.823. The first-order valence-corrected chi connectivity index (χ1v) is 7.01. The largest absolute Gasteiger partial charge is 0.481 e. The quantitative estimate of drug-likeness (QED) is 0.618.